The van der Waals surface area contributed by atoms with E-state index in [0.29, 0.717) is 12.5 Å². The van der Waals surface area contributed by atoms with Crippen LogP contribution in [0.4, 0.5) is 0 Å². The summed E-state index contributed by atoms with van der Waals surface area (Å²) in [6.07, 6.45) is 8.39. The molecule has 0 amide bonds. The van der Waals surface area contributed by atoms with Crippen molar-refractivity contribution in [3.05, 3.63) is 24.0 Å². The van der Waals surface area contributed by atoms with Crippen LogP contribution in [0.3, 0.4) is 0 Å². The fraction of sp³-hybridized carbons (Fsp3) is 0.706. The van der Waals surface area contributed by atoms with Crippen LogP contribution in [0, 0.1) is 11.3 Å². The van der Waals surface area contributed by atoms with Crippen LogP contribution in [0.1, 0.15) is 58.9 Å². The molecule has 0 spiro atoms. The van der Waals surface area contributed by atoms with E-state index in [2.05, 4.69) is 31.8 Å². The standard InChI is InChI=1S/C17H28N2O/c1-5-20-14-10-13(11-19-12-14)17(18)9-7-6-8-15(17)16(2,3)4/h10-12,15H,5-9,18H2,1-4H3. The Bertz CT molecular complexity index is 453. The van der Waals surface area contributed by atoms with Crippen LogP contribution in [0.25, 0.3) is 0 Å². The molecule has 0 radical (unpaired) electrons. The molecule has 2 unspecified atom stereocenters. The quantitative estimate of drug-likeness (QED) is 0.911. The first-order chi connectivity index (χ1) is 9.38. The number of aromatic nitrogens is 1. The topological polar surface area (TPSA) is 48.1 Å². The summed E-state index contributed by atoms with van der Waals surface area (Å²) < 4.78 is 5.59. The lowest BCUT2D eigenvalue weighted by molar-refractivity contribution is 0.0773. The van der Waals surface area contributed by atoms with E-state index in [-0.39, 0.29) is 11.0 Å². The minimum absolute atomic E-state index is 0.205. The maximum atomic E-state index is 6.88. The average molecular weight is 276 g/mol. The minimum atomic E-state index is -0.281. The van der Waals surface area contributed by atoms with Gasteiger partial charge in [-0.2, -0.15) is 0 Å². The number of pyridine rings is 1. The summed E-state index contributed by atoms with van der Waals surface area (Å²) in [4.78, 5) is 4.34. The van der Waals surface area contributed by atoms with Crippen molar-refractivity contribution in [1.29, 1.82) is 0 Å². The van der Waals surface area contributed by atoms with Gasteiger partial charge in [-0.25, -0.2) is 0 Å². The van der Waals surface area contributed by atoms with Crippen LogP contribution in [0.5, 0.6) is 5.75 Å². The third-order valence-corrected chi connectivity index (χ3v) is 4.56. The van der Waals surface area contributed by atoms with Gasteiger partial charge in [-0.05, 0) is 42.7 Å². The molecule has 1 fully saturated rings. The zero-order valence-electron chi connectivity index (χ0n) is 13.3. The zero-order chi connectivity index (χ0) is 14.8. The highest BCUT2D eigenvalue weighted by molar-refractivity contribution is 5.31. The van der Waals surface area contributed by atoms with Crippen LogP contribution in [0.15, 0.2) is 18.5 Å². The predicted molar refractivity (Wildman–Crippen MR) is 82.7 cm³/mol. The van der Waals surface area contributed by atoms with E-state index in [1.54, 1.807) is 6.20 Å². The van der Waals surface area contributed by atoms with E-state index in [9.17, 15) is 0 Å². The monoisotopic (exact) mass is 276 g/mol. The second-order valence-electron chi connectivity index (χ2n) is 7.05. The Morgan fingerprint density at radius 2 is 2.10 bits per heavy atom. The van der Waals surface area contributed by atoms with Gasteiger partial charge in [0.2, 0.25) is 0 Å². The highest BCUT2D eigenvalue weighted by atomic mass is 16.5. The largest absolute Gasteiger partial charge is 0.492 e. The second kappa shape index (κ2) is 5.72. The fourth-order valence-corrected chi connectivity index (χ4v) is 3.67. The maximum Gasteiger partial charge on any atom is 0.137 e. The van der Waals surface area contributed by atoms with Crippen LogP contribution >= 0.6 is 0 Å². The van der Waals surface area contributed by atoms with Crippen molar-refractivity contribution < 1.29 is 4.74 Å². The molecule has 1 aliphatic carbocycles. The van der Waals surface area contributed by atoms with Crippen LogP contribution in [-0.4, -0.2) is 11.6 Å². The van der Waals surface area contributed by atoms with Gasteiger partial charge in [0.15, 0.2) is 0 Å². The van der Waals surface area contributed by atoms with Crippen LogP contribution < -0.4 is 10.5 Å². The number of hydrogen-bond acceptors (Lipinski definition) is 3. The predicted octanol–water partition coefficient (Wildman–Crippen LogP) is 3.87. The molecule has 1 aliphatic rings. The SMILES string of the molecule is CCOc1cncc(C2(N)CCCCC2C(C)(C)C)c1. The number of rotatable bonds is 3. The summed E-state index contributed by atoms with van der Waals surface area (Å²) in [6.45, 7) is 9.54. The van der Waals surface area contributed by atoms with Crippen molar-refractivity contribution in [3.63, 3.8) is 0 Å². The van der Waals surface area contributed by atoms with Crippen molar-refractivity contribution in [2.75, 3.05) is 6.61 Å². The molecule has 1 aromatic heterocycles. The molecule has 20 heavy (non-hydrogen) atoms. The van der Waals surface area contributed by atoms with Crippen molar-refractivity contribution in [2.24, 2.45) is 17.1 Å². The summed E-state index contributed by atoms with van der Waals surface area (Å²) >= 11 is 0. The number of nitrogens with two attached hydrogens (primary N) is 1. The van der Waals surface area contributed by atoms with E-state index in [4.69, 9.17) is 10.5 Å². The van der Waals surface area contributed by atoms with Gasteiger partial charge in [0.05, 0.1) is 12.8 Å². The van der Waals surface area contributed by atoms with Gasteiger partial charge in [-0.15, -0.1) is 0 Å². The molecular formula is C17H28N2O. The lowest BCUT2D eigenvalue weighted by atomic mass is 9.60. The summed E-state index contributed by atoms with van der Waals surface area (Å²) in [5.41, 5.74) is 7.93. The van der Waals surface area contributed by atoms with E-state index in [1.165, 1.54) is 19.3 Å². The van der Waals surface area contributed by atoms with E-state index >= 15 is 0 Å². The fourth-order valence-electron chi connectivity index (χ4n) is 3.67. The summed E-state index contributed by atoms with van der Waals surface area (Å²) in [7, 11) is 0. The first kappa shape index (κ1) is 15.3. The molecule has 1 aromatic rings. The van der Waals surface area contributed by atoms with Crippen LogP contribution in [-0.2, 0) is 5.54 Å². The number of ether oxygens (including phenoxy) is 1. The molecule has 3 nitrogen and oxygen atoms in total. The van der Waals surface area contributed by atoms with Gasteiger partial charge in [0, 0.05) is 11.7 Å². The summed E-state index contributed by atoms with van der Waals surface area (Å²) in [5, 5.41) is 0. The minimum Gasteiger partial charge on any atom is -0.492 e. The highest BCUT2D eigenvalue weighted by Gasteiger charge is 2.44. The Morgan fingerprint density at radius 3 is 2.75 bits per heavy atom. The summed E-state index contributed by atoms with van der Waals surface area (Å²) in [5.74, 6) is 1.30. The van der Waals surface area contributed by atoms with Gasteiger partial charge in [-0.3, -0.25) is 4.98 Å². The van der Waals surface area contributed by atoms with Gasteiger partial charge < -0.3 is 10.5 Å². The molecule has 0 saturated heterocycles. The number of nitrogens with zero attached hydrogens (tertiary/aromatic N) is 1. The average Bonchev–Trinajstić information content (AvgIpc) is 2.38. The Morgan fingerprint density at radius 1 is 1.35 bits per heavy atom. The Kier molecular flexibility index (Phi) is 4.38. The summed E-state index contributed by atoms with van der Waals surface area (Å²) in [6, 6.07) is 2.08. The third kappa shape index (κ3) is 2.98. The van der Waals surface area contributed by atoms with E-state index in [1.807, 2.05) is 13.1 Å². The molecule has 0 aliphatic heterocycles. The van der Waals surface area contributed by atoms with Gasteiger partial charge in [0.25, 0.3) is 0 Å². The zero-order valence-corrected chi connectivity index (χ0v) is 13.3. The van der Waals surface area contributed by atoms with Gasteiger partial charge >= 0.3 is 0 Å². The molecule has 0 bridgehead atoms. The third-order valence-electron chi connectivity index (χ3n) is 4.56. The highest BCUT2D eigenvalue weighted by Crippen LogP contribution is 2.48. The molecule has 2 atom stereocenters. The van der Waals surface area contributed by atoms with E-state index in [0.717, 1.165) is 17.7 Å². The second-order valence-corrected chi connectivity index (χ2v) is 7.05. The normalized spacial score (nSPS) is 27.4. The van der Waals surface area contributed by atoms with Crippen molar-refractivity contribution >= 4 is 0 Å². The molecule has 2 N–H and O–H groups in total. The van der Waals surface area contributed by atoms with Crippen molar-refractivity contribution in [3.8, 4) is 5.75 Å². The first-order valence-corrected chi connectivity index (χ1v) is 7.75. The molecule has 1 saturated carbocycles. The molecule has 2 rings (SSSR count). The van der Waals surface area contributed by atoms with Gasteiger partial charge in [-0.1, -0.05) is 33.6 Å². The molecular weight excluding hydrogens is 248 g/mol. The molecule has 1 heterocycles. The van der Waals surface area contributed by atoms with Crippen LogP contribution in [0.2, 0.25) is 0 Å². The van der Waals surface area contributed by atoms with Crippen molar-refractivity contribution in [1.82, 2.24) is 4.98 Å². The maximum absolute atomic E-state index is 6.88. The lowest BCUT2D eigenvalue weighted by Gasteiger charge is -2.48. The van der Waals surface area contributed by atoms with E-state index < -0.39 is 0 Å². The van der Waals surface area contributed by atoms with Gasteiger partial charge in [0.1, 0.15) is 5.75 Å². The molecule has 3 heteroatoms. The Balaban J connectivity index is 2.38. The molecule has 112 valence electrons. The lowest BCUT2D eigenvalue weighted by Crippen LogP contribution is -2.51. The first-order valence-electron chi connectivity index (χ1n) is 7.75. The van der Waals surface area contributed by atoms with Crippen molar-refractivity contribution in [2.45, 2.75) is 58.9 Å². The Labute approximate surface area is 122 Å². The Hall–Kier alpha value is -1.09. The smallest absolute Gasteiger partial charge is 0.137 e. The number of hydrogen-bond donors (Lipinski definition) is 1. The molecule has 0 aromatic carbocycles.